The Hall–Kier alpha value is -0.670. The lowest BCUT2D eigenvalue weighted by Gasteiger charge is -2.20. The van der Waals surface area contributed by atoms with Crippen molar-refractivity contribution in [1.29, 1.82) is 0 Å². The summed E-state index contributed by atoms with van der Waals surface area (Å²) in [6.45, 7) is 9.94. The van der Waals surface area contributed by atoms with Crippen LogP contribution in [0.2, 0.25) is 0 Å². The van der Waals surface area contributed by atoms with Crippen molar-refractivity contribution < 1.29 is 5.11 Å². The Labute approximate surface area is 89.3 Å². The largest absolute Gasteiger partial charge is 0.395 e. The van der Waals surface area contributed by atoms with Gasteiger partial charge in [0.15, 0.2) is 0 Å². The summed E-state index contributed by atoms with van der Waals surface area (Å²) in [5.74, 6) is 0. The lowest BCUT2D eigenvalue weighted by molar-refractivity contribution is 0.184. The molecular weight excluding hydrogens is 194 g/mol. The van der Waals surface area contributed by atoms with Crippen LogP contribution in [-0.4, -0.2) is 16.7 Å². The SMILES string of the molecule is C=CC(C)(CO)Cc1nc(C)c(C)s1. The van der Waals surface area contributed by atoms with Gasteiger partial charge < -0.3 is 5.11 Å². The highest BCUT2D eigenvalue weighted by Gasteiger charge is 2.21. The zero-order valence-corrected chi connectivity index (χ0v) is 9.82. The third-order valence-corrected chi connectivity index (χ3v) is 3.55. The van der Waals surface area contributed by atoms with Crippen molar-refractivity contribution in [3.05, 3.63) is 28.2 Å². The van der Waals surface area contributed by atoms with Crippen molar-refractivity contribution in [3.63, 3.8) is 0 Å². The highest BCUT2D eigenvalue weighted by molar-refractivity contribution is 7.11. The Kier molecular flexibility index (Phi) is 3.45. The van der Waals surface area contributed by atoms with E-state index >= 15 is 0 Å². The van der Waals surface area contributed by atoms with Crippen molar-refractivity contribution in [1.82, 2.24) is 4.98 Å². The van der Waals surface area contributed by atoms with Gasteiger partial charge in [-0.05, 0) is 13.8 Å². The summed E-state index contributed by atoms with van der Waals surface area (Å²) in [4.78, 5) is 5.70. The zero-order valence-electron chi connectivity index (χ0n) is 9.00. The van der Waals surface area contributed by atoms with Crippen LogP contribution in [0.25, 0.3) is 0 Å². The van der Waals surface area contributed by atoms with Crippen molar-refractivity contribution in [2.45, 2.75) is 27.2 Å². The van der Waals surface area contributed by atoms with Gasteiger partial charge in [0.05, 0.1) is 17.3 Å². The zero-order chi connectivity index (χ0) is 10.8. The molecule has 1 unspecified atom stereocenters. The molecule has 1 aromatic heterocycles. The first kappa shape index (κ1) is 11.4. The quantitative estimate of drug-likeness (QED) is 0.776. The van der Waals surface area contributed by atoms with Gasteiger partial charge in [-0.2, -0.15) is 0 Å². The maximum absolute atomic E-state index is 9.23. The van der Waals surface area contributed by atoms with Crippen LogP contribution < -0.4 is 0 Å². The molecule has 0 bridgehead atoms. The fraction of sp³-hybridized carbons (Fsp3) is 0.545. The molecule has 0 fully saturated rings. The molecule has 2 nitrogen and oxygen atoms in total. The number of hydrogen-bond acceptors (Lipinski definition) is 3. The third kappa shape index (κ3) is 2.42. The molecule has 3 heteroatoms. The van der Waals surface area contributed by atoms with Gasteiger partial charge in [-0.25, -0.2) is 4.98 Å². The normalized spacial score (nSPS) is 15.1. The second-order valence-corrected chi connectivity index (χ2v) is 5.23. The Morgan fingerprint density at radius 3 is 2.57 bits per heavy atom. The molecule has 1 rings (SSSR count). The molecule has 0 saturated heterocycles. The lowest BCUT2D eigenvalue weighted by Crippen LogP contribution is -2.21. The molecular formula is C11H17NOS. The summed E-state index contributed by atoms with van der Waals surface area (Å²) in [5.41, 5.74) is 0.853. The number of thiazole rings is 1. The van der Waals surface area contributed by atoms with Crippen LogP contribution in [0.1, 0.15) is 22.5 Å². The average Bonchev–Trinajstić information content (AvgIpc) is 2.45. The van der Waals surface area contributed by atoms with Crippen LogP contribution in [0.4, 0.5) is 0 Å². The number of aryl methyl sites for hydroxylation is 2. The predicted octanol–water partition coefficient (Wildman–Crippen LogP) is 2.49. The van der Waals surface area contributed by atoms with E-state index in [0.717, 1.165) is 17.1 Å². The van der Waals surface area contributed by atoms with Crippen LogP contribution in [0.3, 0.4) is 0 Å². The van der Waals surface area contributed by atoms with Crippen molar-refractivity contribution in [2.75, 3.05) is 6.61 Å². The number of aromatic nitrogens is 1. The Morgan fingerprint density at radius 1 is 1.57 bits per heavy atom. The van der Waals surface area contributed by atoms with E-state index in [1.54, 1.807) is 17.4 Å². The number of nitrogens with zero attached hydrogens (tertiary/aromatic N) is 1. The highest BCUT2D eigenvalue weighted by Crippen LogP contribution is 2.26. The van der Waals surface area contributed by atoms with E-state index in [1.807, 2.05) is 13.8 Å². The molecule has 0 aliphatic heterocycles. The average molecular weight is 211 g/mol. The molecule has 0 aromatic carbocycles. The van der Waals surface area contributed by atoms with E-state index in [4.69, 9.17) is 0 Å². The minimum atomic E-state index is -0.239. The van der Waals surface area contributed by atoms with Crippen molar-refractivity contribution in [2.24, 2.45) is 5.41 Å². The fourth-order valence-electron chi connectivity index (χ4n) is 1.15. The van der Waals surface area contributed by atoms with E-state index in [2.05, 4.69) is 18.5 Å². The number of hydrogen-bond donors (Lipinski definition) is 1. The van der Waals surface area contributed by atoms with E-state index in [1.165, 1.54) is 4.88 Å². The number of aliphatic hydroxyl groups is 1. The second-order valence-electron chi connectivity index (χ2n) is 3.94. The molecule has 14 heavy (non-hydrogen) atoms. The predicted molar refractivity (Wildman–Crippen MR) is 60.7 cm³/mol. The molecule has 0 saturated carbocycles. The van der Waals surface area contributed by atoms with Gasteiger partial charge in [0.1, 0.15) is 0 Å². The standard InChI is InChI=1S/C11H17NOS/c1-5-11(4,7-13)6-10-12-8(2)9(3)14-10/h5,13H,1,6-7H2,2-4H3. The molecule has 1 atom stereocenters. The summed E-state index contributed by atoms with van der Waals surface area (Å²) in [6.07, 6.45) is 2.57. The van der Waals surface area contributed by atoms with E-state index < -0.39 is 0 Å². The van der Waals surface area contributed by atoms with Gasteiger partial charge in [0.25, 0.3) is 0 Å². The Bertz CT molecular complexity index is 313. The summed E-state index contributed by atoms with van der Waals surface area (Å²) < 4.78 is 0. The van der Waals surface area contributed by atoms with Gasteiger partial charge in [-0.15, -0.1) is 17.9 Å². The smallest absolute Gasteiger partial charge is 0.0940 e. The van der Waals surface area contributed by atoms with Crippen LogP contribution in [0, 0.1) is 19.3 Å². The molecule has 1 heterocycles. The monoisotopic (exact) mass is 211 g/mol. The topological polar surface area (TPSA) is 33.1 Å². The molecule has 0 amide bonds. The molecule has 1 N–H and O–H groups in total. The minimum Gasteiger partial charge on any atom is -0.395 e. The van der Waals surface area contributed by atoms with Gasteiger partial charge in [0.2, 0.25) is 0 Å². The molecule has 0 radical (unpaired) electrons. The summed E-state index contributed by atoms with van der Waals surface area (Å²) in [6, 6.07) is 0. The maximum Gasteiger partial charge on any atom is 0.0940 e. The molecule has 78 valence electrons. The van der Waals surface area contributed by atoms with Crippen LogP contribution in [-0.2, 0) is 6.42 Å². The molecule has 0 aliphatic carbocycles. The molecule has 1 aromatic rings. The van der Waals surface area contributed by atoms with Gasteiger partial charge in [-0.3, -0.25) is 0 Å². The summed E-state index contributed by atoms with van der Waals surface area (Å²) in [7, 11) is 0. The molecule has 0 spiro atoms. The van der Waals surface area contributed by atoms with Crippen LogP contribution >= 0.6 is 11.3 Å². The van der Waals surface area contributed by atoms with E-state index in [9.17, 15) is 5.11 Å². The number of rotatable bonds is 4. The Morgan fingerprint density at radius 2 is 2.21 bits per heavy atom. The maximum atomic E-state index is 9.23. The van der Waals surface area contributed by atoms with Crippen LogP contribution in [0.5, 0.6) is 0 Å². The fourth-order valence-corrected chi connectivity index (χ4v) is 2.28. The number of aliphatic hydroxyl groups excluding tert-OH is 1. The third-order valence-electron chi connectivity index (χ3n) is 2.48. The lowest BCUT2D eigenvalue weighted by atomic mass is 9.88. The first-order chi connectivity index (χ1) is 6.50. The van der Waals surface area contributed by atoms with Gasteiger partial charge in [-0.1, -0.05) is 13.0 Å². The van der Waals surface area contributed by atoms with Crippen molar-refractivity contribution in [3.8, 4) is 0 Å². The van der Waals surface area contributed by atoms with E-state index in [-0.39, 0.29) is 12.0 Å². The Balaban J connectivity index is 2.82. The van der Waals surface area contributed by atoms with Gasteiger partial charge >= 0.3 is 0 Å². The summed E-state index contributed by atoms with van der Waals surface area (Å²) in [5, 5.41) is 10.3. The van der Waals surface area contributed by atoms with Crippen LogP contribution in [0.15, 0.2) is 12.7 Å². The van der Waals surface area contributed by atoms with Gasteiger partial charge in [0, 0.05) is 16.7 Å². The first-order valence-electron chi connectivity index (χ1n) is 4.68. The molecule has 0 aliphatic rings. The van der Waals surface area contributed by atoms with Crippen molar-refractivity contribution >= 4 is 11.3 Å². The second kappa shape index (κ2) is 4.24. The summed E-state index contributed by atoms with van der Waals surface area (Å²) >= 11 is 1.70. The highest BCUT2D eigenvalue weighted by atomic mass is 32.1. The first-order valence-corrected chi connectivity index (χ1v) is 5.50. The van der Waals surface area contributed by atoms with E-state index in [0.29, 0.717) is 0 Å². The minimum absolute atomic E-state index is 0.119.